The molecule has 12 heavy (non-hydrogen) atoms. The Bertz CT molecular complexity index is 33.5. The summed E-state index contributed by atoms with van der Waals surface area (Å²) >= 11 is 2.42. The van der Waals surface area contributed by atoms with Crippen molar-refractivity contribution in [2.45, 2.75) is 45.3 Å². The number of unbranched alkanes of at least 4 members (excludes halogenated alkanes) is 2. The standard InChI is InChI=1S/2C4H10O.CH3.Al/c2*1-2-3-4-5;;/h2*5H,2-4H2,1H3;1H3;. The van der Waals surface area contributed by atoms with Crippen LogP contribution in [0.4, 0.5) is 0 Å². The molecule has 2 N–H and O–H groups in total. The molecule has 0 unspecified atom stereocenters. The van der Waals surface area contributed by atoms with E-state index in [1.807, 2.05) is 5.79 Å². The Morgan fingerprint density at radius 3 is 1.08 bits per heavy atom. The molecule has 0 saturated carbocycles. The van der Waals surface area contributed by atoms with Crippen molar-refractivity contribution in [2.75, 3.05) is 13.2 Å². The van der Waals surface area contributed by atoms with Gasteiger partial charge in [-0.15, -0.1) is 5.79 Å². The first-order valence-corrected chi connectivity index (χ1v) is 5.78. The summed E-state index contributed by atoms with van der Waals surface area (Å²) in [5, 5.41) is 16.1. The van der Waals surface area contributed by atoms with E-state index in [-0.39, 0.29) is 0 Å². The number of hydrogen-bond acceptors (Lipinski definition) is 2. The van der Waals surface area contributed by atoms with Crippen LogP contribution in [0.2, 0.25) is 5.79 Å². The number of aliphatic hydroxyl groups is 2. The van der Waals surface area contributed by atoms with Gasteiger partial charge in [-0.05, 0) is 12.8 Å². The lowest BCUT2D eigenvalue weighted by molar-refractivity contribution is 0.286. The van der Waals surface area contributed by atoms with Crippen molar-refractivity contribution in [1.29, 1.82) is 0 Å². The summed E-state index contributed by atoms with van der Waals surface area (Å²) in [4.78, 5) is 0. The molecule has 0 aliphatic rings. The summed E-state index contributed by atoms with van der Waals surface area (Å²) in [5.41, 5.74) is 0. The molecule has 0 aromatic rings. The Morgan fingerprint density at radius 2 is 1.08 bits per heavy atom. The zero-order valence-electron chi connectivity index (χ0n) is 8.71. The lowest BCUT2D eigenvalue weighted by Crippen LogP contribution is -1.75. The molecule has 0 aliphatic carbocycles. The van der Waals surface area contributed by atoms with Crippen molar-refractivity contribution in [1.82, 2.24) is 0 Å². The molecular formula is C9H23AlO2. The molecule has 0 fully saturated rings. The van der Waals surface area contributed by atoms with Crippen LogP contribution in [0.1, 0.15) is 39.5 Å². The average Bonchev–Trinajstić information content (AvgIpc) is 2.12. The zero-order chi connectivity index (χ0) is 10.2. The van der Waals surface area contributed by atoms with Crippen LogP contribution in [0, 0.1) is 0 Å². The van der Waals surface area contributed by atoms with Gasteiger partial charge in [0.1, 0.15) is 16.3 Å². The Hall–Kier alpha value is 0.452. The lowest BCUT2D eigenvalue weighted by atomic mass is 10.4. The molecule has 0 amide bonds. The molecule has 74 valence electrons. The molecule has 0 aromatic carbocycles. The molecule has 0 aliphatic heterocycles. The van der Waals surface area contributed by atoms with Gasteiger partial charge in [0.25, 0.3) is 0 Å². The number of aliphatic hydroxyl groups excluding tert-OH is 2. The third kappa shape index (κ3) is 47.1. The molecule has 0 spiro atoms. The highest BCUT2D eigenvalue weighted by atomic mass is 27.0. The molecule has 0 heterocycles. The molecule has 0 bridgehead atoms. The van der Waals surface area contributed by atoms with E-state index >= 15 is 0 Å². The maximum atomic E-state index is 8.07. The van der Waals surface area contributed by atoms with Gasteiger partial charge in [0.2, 0.25) is 0 Å². The van der Waals surface area contributed by atoms with E-state index < -0.39 is 0 Å². The molecule has 0 saturated heterocycles. The van der Waals surface area contributed by atoms with Crippen LogP contribution in [-0.2, 0) is 0 Å². The van der Waals surface area contributed by atoms with Crippen molar-refractivity contribution in [2.24, 2.45) is 0 Å². The van der Waals surface area contributed by atoms with Gasteiger partial charge in [-0.2, -0.15) is 0 Å². The lowest BCUT2D eigenvalue weighted by Gasteiger charge is -1.79. The second kappa shape index (κ2) is 30.1. The third-order valence-electron chi connectivity index (χ3n) is 1.02. The highest BCUT2D eigenvalue weighted by Crippen LogP contribution is 1.79. The Kier molecular flexibility index (Phi) is 45.8. The van der Waals surface area contributed by atoms with E-state index in [2.05, 4.69) is 30.1 Å². The fourth-order valence-corrected chi connectivity index (χ4v) is 0.316. The topological polar surface area (TPSA) is 40.5 Å². The van der Waals surface area contributed by atoms with Gasteiger partial charge in [-0.1, -0.05) is 26.7 Å². The number of rotatable bonds is 4. The Balaban J connectivity index is -0.000000112. The van der Waals surface area contributed by atoms with E-state index in [1.54, 1.807) is 0 Å². The van der Waals surface area contributed by atoms with Gasteiger partial charge in [0.05, 0.1) is 0 Å². The third-order valence-corrected chi connectivity index (χ3v) is 1.02. The summed E-state index contributed by atoms with van der Waals surface area (Å²) in [7, 11) is 0. The summed E-state index contributed by atoms with van der Waals surface area (Å²) < 4.78 is 0. The monoisotopic (exact) mass is 190 g/mol. The first-order chi connectivity index (χ1) is 5.83. The van der Waals surface area contributed by atoms with Gasteiger partial charge in [0.15, 0.2) is 0 Å². The molecule has 0 rings (SSSR count). The quantitative estimate of drug-likeness (QED) is 0.663. The molecule has 3 heteroatoms. The summed E-state index contributed by atoms with van der Waals surface area (Å²) in [6, 6.07) is 0. The van der Waals surface area contributed by atoms with Crippen LogP contribution in [0.25, 0.3) is 0 Å². The van der Waals surface area contributed by atoms with Crippen LogP contribution < -0.4 is 0 Å². The fourth-order valence-electron chi connectivity index (χ4n) is 0.316. The maximum absolute atomic E-state index is 8.07. The maximum Gasteiger partial charge on any atom is 0.112 e. The van der Waals surface area contributed by atoms with Crippen LogP contribution in [0.5, 0.6) is 0 Å². The summed E-state index contributed by atoms with van der Waals surface area (Å²) in [5.74, 6) is 1.92. The minimum absolute atomic E-state index is 0.344. The summed E-state index contributed by atoms with van der Waals surface area (Å²) in [6.07, 6.45) is 4.08. The smallest absolute Gasteiger partial charge is 0.112 e. The first kappa shape index (κ1) is 18.3. The fraction of sp³-hybridized carbons (Fsp3) is 1.00. The van der Waals surface area contributed by atoms with Gasteiger partial charge in [0, 0.05) is 13.2 Å². The normalized spacial score (nSPS) is 7.42. The second-order valence-corrected chi connectivity index (χ2v) is 2.15. The minimum Gasteiger partial charge on any atom is -0.396 e. The van der Waals surface area contributed by atoms with E-state index in [0.717, 1.165) is 25.7 Å². The molecule has 2 nitrogen and oxygen atoms in total. The van der Waals surface area contributed by atoms with Crippen molar-refractivity contribution < 1.29 is 10.2 Å². The van der Waals surface area contributed by atoms with Crippen molar-refractivity contribution >= 4 is 16.3 Å². The van der Waals surface area contributed by atoms with E-state index in [0.29, 0.717) is 13.2 Å². The second-order valence-electron chi connectivity index (χ2n) is 2.15. The largest absolute Gasteiger partial charge is 0.396 e. The zero-order valence-corrected chi connectivity index (χ0v) is 9.87. The molecule has 0 atom stereocenters. The van der Waals surface area contributed by atoms with Gasteiger partial charge >= 0.3 is 0 Å². The predicted molar refractivity (Wildman–Crippen MR) is 55.6 cm³/mol. The van der Waals surface area contributed by atoms with Crippen molar-refractivity contribution in [3.63, 3.8) is 0 Å². The highest BCUT2D eigenvalue weighted by Gasteiger charge is 1.69. The van der Waals surface area contributed by atoms with Gasteiger partial charge < -0.3 is 10.2 Å². The highest BCUT2D eigenvalue weighted by molar-refractivity contribution is 6.05. The van der Waals surface area contributed by atoms with Crippen LogP contribution in [0.3, 0.4) is 0 Å². The summed E-state index contributed by atoms with van der Waals surface area (Å²) in [6.45, 7) is 4.79. The Morgan fingerprint density at radius 1 is 0.833 bits per heavy atom. The first-order valence-electron chi connectivity index (χ1n) is 4.62. The van der Waals surface area contributed by atoms with Crippen molar-refractivity contribution in [3.05, 3.63) is 0 Å². The van der Waals surface area contributed by atoms with Crippen LogP contribution >= 0.6 is 0 Å². The van der Waals surface area contributed by atoms with Gasteiger partial charge in [-0.3, -0.25) is 0 Å². The van der Waals surface area contributed by atoms with E-state index in [9.17, 15) is 0 Å². The Labute approximate surface area is 85.4 Å². The van der Waals surface area contributed by atoms with Crippen LogP contribution in [0.15, 0.2) is 0 Å². The SMILES string of the molecule is CCCCO.CCCCO.[CH3][Al]. The van der Waals surface area contributed by atoms with E-state index in [1.165, 1.54) is 0 Å². The minimum atomic E-state index is 0.344. The molecule has 0 aromatic heterocycles. The molecule has 2 radical (unpaired) electrons. The van der Waals surface area contributed by atoms with Crippen molar-refractivity contribution in [3.8, 4) is 0 Å². The molecular weight excluding hydrogens is 167 g/mol. The predicted octanol–water partition coefficient (Wildman–Crippen LogP) is 1.76. The number of hydrogen-bond donors (Lipinski definition) is 2. The van der Waals surface area contributed by atoms with E-state index in [4.69, 9.17) is 10.2 Å². The van der Waals surface area contributed by atoms with Crippen LogP contribution in [-0.4, -0.2) is 39.7 Å². The van der Waals surface area contributed by atoms with Gasteiger partial charge in [-0.25, -0.2) is 0 Å². The average molecular weight is 190 g/mol.